The van der Waals surface area contributed by atoms with Gasteiger partial charge in [0, 0.05) is 0 Å². The van der Waals surface area contributed by atoms with Gasteiger partial charge in [-0.2, -0.15) is 6.42 Å². The van der Waals surface area contributed by atoms with Crippen molar-refractivity contribution in [3.05, 3.63) is 43.3 Å². The summed E-state index contributed by atoms with van der Waals surface area (Å²) in [6.45, 7) is 6.12. The molecule has 0 spiro atoms. The summed E-state index contributed by atoms with van der Waals surface area (Å²) in [6.07, 6.45) is 13.9. The monoisotopic (exact) mass is 332 g/mol. The van der Waals surface area contributed by atoms with Gasteiger partial charge in [0.2, 0.25) is 0 Å². The van der Waals surface area contributed by atoms with Crippen molar-refractivity contribution >= 4 is 0 Å². The Labute approximate surface area is 170 Å². The van der Waals surface area contributed by atoms with Crippen molar-refractivity contribution in [1.82, 2.24) is 0 Å². The normalized spacial score (nSPS) is 9.16. The molecule has 19 heavy (non-hydrogen) atoms. The number of unbranched alkanes of at least 4 members (excludes halogenated alkanes) is 9. The topological polar surface area (TPSA) is 0 Å². The van der Waals surface area contributed by atoms with Crippen LogP contribution in [0.3, 0.4) is 0 Å². The van der Waals surface area contributed by atoms with Crippen LogP contribution in [0, 0.1) is 6.92 Å². The van der Waals surface area contributed by atoms with Crippen LogP contribution in [0.1, 0.15) is 71.1 Å². The molecule has 0 amide bonds. The zero-order valence-electron chi connectivity index (χ0n) is 13.2. The number of hydrogen-bond acceptors (Lipinski definition) is 0. The van der Waals surface area contributed by atoms with E-state index in [-0.39, 0.29) is 58.2 Å². The van der Waals surface area contributed by atoms with Crippen molar-refractivity contribution < 1.29 is 58.2 Å². The van der Waals surface area contributed by atoms with Gasteiger partial charge in [-0.15, -0.1) is 0 Å². The number of rotatable bonds is 9. The van der Waals surface area contributed by atoms with E-state index in [0.717, 1.165) is 6.42 Å². The Bertz CT molecular complexity index is 184. The molecule has 0 aliphatic rings. The van der Waals surface area contributed by atoms with Crippen molar-refractivity contribution in [2.24, 2.45) is 0 Å². The molecule has 104 valence electrons. The maximum absolute atomic E-state index is 3.84. The Morgan fingerprint density at radius 3 is 1.21 bits per heavy atom. The van der Waals surface area contributed by atoms with Crippen LogP contribution in [-0.2, 0) is 0 Å². The van der Waals surface area contributed by atoms with Gasteiger partial charge in [-0.05, 0) is 0 Å². The van der Waals surface area contributed by atoms with Crippen LogP contribution in [0.4, 0.5) is 0 Å². The first-order valence-corrected chi connectivity index (χ1v) is 7.71. The Morgan fingerprint density at radius 1 is 0.579 bits per heavy atom. The van der Waals surface area contributed by atoms with Gasteiger partial charge in [0.05, 0.1) is 0 Å². The van der Waals surface area contributed by atoms with Gasteiger partial charge in [-0.1, -0.05) is 101 Å². The molecule has 0 bridgehead atoms. The second-order valence-electron chi connectivity index (χ2n) is 4.84. The number of hydrogen-bond donors (Lipinski definition) is 0. The molecule has 1 aromatic carbocycles. The molecular formula is C18H31Rb. The maximum Gasteiger partial charge on any atom is 1.00 e. The van der Waals surface area contributed by atoms with Crippen molar-refractivity contribution in [3.63, 3.8) is 0 Å². The molecule has 1 rings (SSSR count). The van der Waals surface area contributed by atoms with Gasteiger partial charge >= 0.3 is 58.2 Å². The molecule has 0 N–H and O–H groups in total. The summed E-state index contributed by atoms with van der Waals surface area (Å²) < 4.78 is 0. The third kappa shape index (κ3) is 21.5. The fraction of sp³-hybridized carbons (Fsp3) is 0.611. The van der Waals surface area contributed by atoms with Gasteiger partial charge in [0.1, 0.15) is 0 Å². The fourth-order valence-electron chi connectivity index (χ4n) is 1.87. The Hall–Kier alpha value is 1.03. The van der Waals surface area contributed by atoms with Crippen LogP contribution < -0.4 is 58.2 Å². The molecule has 0 unspecified atom stereocenters. The summed E-state index contributed by atoms with van der Waals surface area (Å²) in [5.74, 6) is 0. The van der Waals surface area contributed by atoms with E-state index in [9.17, 15) is 0 Å². The molecule has 1 heteroatoms. The SMILES string of the molecule is [CH2-]CCCCCCCCCCC.[Rb+].c1ccccc1. The molecule has 0 aliphatic heterocycles. The van der Waals surface area contributed by atoms with Gasteiger partial charge < -0.3 is 6.92 Å². The predicted molar refractivity (Wildman–Crippen MR) is 83.6 cm³/mol. The van der Waals surface area contributed by atoms with Crippen LogP contribution >= 0.6 is 0 Å². The molecule has 0 saturated heterocycles. The van der Waals surface area contributed by atoms with E-state index in [1.54, 1.807) is 0 Å². The van der Waals surface area contributed by atoms with Crippen LogP contribution in [0.25, 0.3) is 0 Å². The molecule has 0 saturated carbocycles. The first kappa shape index (κ1) is 22.3. The molecule has 0 aromatic heterocycles. The largest absolute Gasteiger partial charge is 1.00 e. The average molecular weight is 333 g/mol. The average Bonchev–Trinajstić information content (AvgIpc) is 2.44. The molecule has 0 atom stereocenters. The Balaban J connectivity index is 0. The molecule has 0 fully saturated rings. The zero-order valence-corrected chi connectivity index (χ0v) is 18.2. The summed E-state index contributed by atoms with van der Waals surface area (Å²) in [4.78, 5) is 0. The molecule has 0 radical (unpaired) electrons. The third-order valence-corrected chi connectivity index (χ3v) is 3.02. The predicted octanol–water partition coefficient (Wildman–Crippen LogP) is 3.43. The van der Waals surface area contributed by atoms with Crippen LogP contribution in [0.2, 0.25) is 0 Å². The van der Waals surface area contributed by atoms with Crippen molar-refractivity contribution in [3.8, 4) is 0 Å². The van der Waals surface area contributed by atoms with Crippen molar-refractivity contribution in [2.45, 2.75) is 71.1 Å². The van der Waals surface area contributed by atoms with Crippen LogP contribution in [0.15, 0.2) is 36.4 Å². The van der Waals surface area contributed by atoms with Crippen molar-refractivity contribution in [1.29, 1.82) is 0 Å². The summed E-state index contributed by atoms with van der Waals surface area (Å²) >= 11 is 0. The summed E-state index contributed by atoms with van der Waals surface area (Å²) in [5, 5.41) is 0. The Morgan fingerprint density at radius 2 is 0.895 bits per heavy atom. The van der Waals surface area contributed by atoms with E-state index in [4.69, 9.17) is 0 Å². The molecular weight excluding hydrogens is 302 g/mol. The molecule has 0 heterocycles. The number of benzene rings is 1. The smallest absolute Gasteiger partial charge is 0.343 e. The summed E-state index contributed by atoms with van der Waals surface area (Å²) in [5.41, 5.74) is 0. The fourth-order valence-corrected chi connectivity index (χ4v) is 1.87. The van der Waals surface area contributed by atoms with Gasteiger partial charge in [0.25, 0.3) is 0 Å². The van der Waals surface area contributed by atoms with E-state index in [0.29, 0.717) is 0 Å². The third-order valence-electron chi connectivity index (χ3n) is 3.02. The summed E-state index contributed by atoms with van der Waals surface area (Å²) in [6, 6.07) is 12.0. The van der Waals surface area contributed by atoms with E-state index >= 15 is 0 Å². The molecule has 1 aromatic rings. The minimum atomic E-state index is 0. The minimum absolute atomic E-state index is 0. The van der Waals surface area contributed by atoms with Gasteiger partial charge in [0.15, 0.2) is 0 Å². The molecule has 0 nitrogen and oxygen atoms in total. The quantitative estimate of drug-likeness (QED) is 0.480. The first-order valence-electron chi connectivity index (χ1n) is 7.71. The molecule has 0 aliphatic carbocycles. The van der Waals surface area contributed by atoms with Crippen LogP contribution in [0.5, 0.6) is 0 Å². The van der Waals surface area contributed by atoms with Gasteiger partial charge in [-0.25, -0.2) is 0 Å². The second kappa shape index (κ2) is 21.3. The van der Waals surface area contributed by atoms with Crippen molar-refractivity contribution in [2.75, 3.05) is 0 Å². The minimum Gasteiger partial charge on any atom is -0.343 e. The second-order valence-corrected chi connectivity index (χ2v) is 4.84. The zero-order chi connectivity index (χ0) is 13.3. The maximum atomic E-state index is 3.84. The van der Waals surface area contributed by atoms with E-state index in [1.165, 1.54) is 57.8 Å². The Kier molecular flexibility index (Phi) is 25.0. The van der Waals surface area contributed by atoms with Crippen LogP contribution in [-0.4, -0.2) is 0 Å². The standard InChI is InChI=1S/C12H25.C6H6.Rb/c1-3-5-7-9-11-12-10-8-6-4-2;1-2-4-6-5-3-1;/h1,3-12H2,2H3;1-6H;/q-1;;+1. The van der Waals surface area contributed by atoms with E-state index in [2.05, 4.69) is 13.8 Å². The first-order chi connectivity index (χ1) is 8.91. The van der Waals surface area contributed by atoms with Gasteiger partial charge in [-0.3, -0.25) is 0 Å². The van der Waals surface area contributed by atoms with E-state index < -0.39 is 0 Å². The van der Waals surface area contributed by atoms with E-state index in [1.807, 2.05) is 36.4 Å². The summed E-state index contributed by atoms with van der Waals surface area (Å²) in [7, 11) is 0.